The fraction of sp³-hybridized carbons (Fsp3) is 0.417. The number of amides is 1. The molecule has 0 spiro atoms. The van der Waals surface area contributed by atoms with Gasteiger partial charge in [-0.2, -0.15) is 0 Å². The van der Waals surface area contributed by atoms with Gasteiger partial charge in [-0.05, 0) is 31.0 Å². The van der Waals surface area contributed by atoms with E-state index in [2.05, 4.69) is 10.6 Å². The Morgan fingerprint density at radius 3 is 2.65 bits per heavy atom. The molecule has 1 aromatic rings. The first-order valence-electron chi connectivity index (χ1n) is 6.32. The number of benzene rings is 1. The molecule has 0 heterocycles. The van der Waals surface area contributed by atoms with Crippen LogP contribution in [0.3, 0.4) is 0 Å². The molecule has 1 saturated carbocycles. The summed E-state index contributed by atoms with van der Waals surface area (Å²) in [7, 11) is -3.77. The van der Waals surface area contributed by atoms with Crippen molar-refractivity contribution in [1.82, 2.24) is 5.32 Å². The molecule has 1 amide bonds. The van der Waals surface area contributed by atoms with Gasteiger partial charge in [0.25, 0.3) is 0 Å². The number of carbonyl (C=O) groups is 1. The first kappa shape index (κ1) is 14.6. The van der Waals surface area contributed by atoms with E-state index in [-0.39, 0.29) is 10.8 Å². The summed E-state index contributed by atoms with van der Waals surface area (Å²) >= 11 is 0. The molecule has 0 saturated heterocycles. The summed E-state index contributed by atoms with van der Waals surface area (Å²) in [5.41, 5.74) is 6.60. The van der Waals surface area contributed by atoms with E-state index >= 15 is 0 Å². The Bertz CT molecular complexity index is 611. The van der Waals surface area contributed by atoms with Crippen molar-refractivity contribution in [3.8, 4) is 0 Å². The highest BCUT2D eigenvalue weighted by molar-refractivity contribution is 7.89. The summed E-state index contributed by atoms with van der Waals surface area (Å²) in [5, 5.41) is 10.9. The van der Waals surface area contributed by atoms with E-state index in [1.807, 2.05) is 0 Å². The van der Waals surface area contributed by atoms with Crippen molar-refractivity contribution >= 4 is 27.3 Å². The van der Waals surface area contributed by atoms with Gasteiger partial charge in [0, 0.05) is 19.0 Å². The first-order chi connectivity index (χ1) is 9.36. The monoisotopic (exact) mass is 298 g/mol. The quantitative estimate of drug-likeness (QED) is 0.550. The number of carbonyl (C=O) groups excluding carboxylic acids is 1. The number of primary sulfonamides is 1. The average Bonchev–Trinajstić information content (AvgIpc) is 3.14. The highest BCUT2D eigenvalue weighted by Gasteiger charge is 2.22. The lowest BCUT2D eigenvalue weighted by atomic mass is 10.2. The molecule has 1 aliphatic rings. The van der Waals surface area contributed by atoms with Crippen molar-refractivity contribution in [2.45, 2.75) is 30.2 Å². The van der Waals surface area contributed by atoms with Crippen molar-refractivity contribution in [3.05, 3.63) is 18.2 Å². The lowest BCUT2D eigenvalue weighted by Crippen LogP contribution is -2.27. The van der Waals surface area contributed by atoms with E-state index in [0.29, 0.717) is 30.4 Å². The van der Waals surface area contributed by atoms with Crippen LogP contribution < -0.4 is 21.5 Å². The molecule has 8 heteroatoms. The molecule has 1 fully saturated rings. The minimum Gasteiger partial charge on any atom is -0.397 e. The summed E-state index contributed by atoms with van der Waals surface area (Å²) in [6.45, 7) is 0.372. The fourth-order valence-corrected chi connectivity index (χ4v) is 2.24. The van der Waals surface area contributed by atoms with Gasteiger partial charge in [-0.25, -0.2) is 13.6 Å². The lowest BCUT2D eigenvalue weighted by Gasteiger charge is -2.10. The van der Waals surface area contributed by atoms with Crippen molar-refractivity contribution in [1.29, 1.82) is 0 Å². The summed E-state index contributed by atoms with van der Waals surface area (Å²) in [5.74, 6) is -0.0267. The minimum absolute atomic E-state index is 0.0170. The Balaban J connectivity index is 1.92. The van der Waals surface area contributed by atoms with Gasteiger partial charge in [-0.15, -0.1) is 0 Å². The number of hydrogen-bond donors (Lipinski definition) is 4. The zero-order chi connectivity index (χ0) is 14.8. The second kappa shape index (κ2) is 5.68. The molecule has 0 bridgehead atoms. The number of nitrogens with one attached hydrogen (secondary N) is 2. The Hall–Kier alpha value is -1.80. The normalized spacial score (nSPS) is 14.8. The van der Waals surface area contributed by atoms with Crippen LogP contribution in [-0.2, 0) is 14.8 Å². The zero-order valence-corrected chi connectivity index (χ0v) is 11.7. The van der Waals surface area contributed by atoms with Gasteiger partial charge in [0.05, 0.1) is 16.3 Å². The minimum atomic E-state index is -3.77. The highest BCUT2D eigenvalue weighted by Crippen LogP contribution is 2.22. The number of hydrogen-bond acceptors (Lipinski definition) is 5. The van der Waals surface area contributed by atoms with Crippen molar-refractivity contribution < 1.29 is 13.2 Å². The van der Waals surface area contributed by atoms with Crippen molar-refractivity contribution in [2.75, 3.05) is 17.6 Å². The van der Waals surface area contributed by atoms with Gasteiger partial charge in [0.1, 0.15) is 0 Å². The van der Waals surface area contributed by atoms with Crippen LogP contribution in [0, 0.1) is 0 Å². The van der Waals surface area contributed by atoms with Gasteiger partial charge < -0.3 is 16.4 Å². The number of nitrogen functional groups attached to an aromatic ring is 1. The van der Waals surface area contributed by atoms with E-state index in [1.165, 1.54) is 18.2 Å². The van der Waals surface area contributed by atoms with Gasteiger partial charge in [-0.3, -0.25) is 4.79 Å². The van der Waals surface area contributed by atoms with Gasteiger partial charge in [-0.1, -0.05) is 0 Å². The number of rotatable bonds is 6. The van der Waals surface area contributed by atoms with Crippen molar-refractivity contribution in [3.63, 3.8) is 0 Å². The van der Waals surface area contributed by atoms with E-state index < -0.39 is 10.0 Å². The molecule has 0 atom stereocenters. The second-order valence-corrected chi connectivity index (χ2v) is 6.37. The largest absolute Gasteiger partial charge is 0.397 e. The van der Waals surface area contributed by atoms with E-state index in [4.69, 9.17) is 10.9 Å². The second-order valence-electron chi connectivity index (χ2n) is 4.81. The van der Waals surface area contributed by atoms with Crippen LogP contribution in [0.25, 0.3) is 0 Å². The van der Waals surface area contributed by atoms with Crippen molar-refractivity contribution in [2.24, 2.45) is 5.14 Å². The molecule has 20 heavy (non-hydrogen) atoms. The average molecular weight is 298 g/mol. The molecule has 2 rings (SSSR count). The number of nitrogens with two attached hydrogens (primary N) is 2. The molecule has 110 valence electrons. The highest BCUT2D eigenvalue weighted by atomic mass is 32.2. The number of anilines is 2. The van der Waals surface area contributed by atoms with Crippen LogP contribution >= 0.6 is 0 Å². The van der Waals surface area contributed by atoms with Crippen LogP contribution in [0.5, 0.6) is 0 Å². The summed E-state index contributed by atoms with van der Waals surface area (Å²) in [6, 6.07) is 4.50. The Morgan fingerprint density at radius 1 is 1.35 bits per heavy atom. The molecule has 6 N–H and O–H groups in total. The molecule has 0 aliphatic heterocycles. The van der Waals surface area contributed by atoms with Crippen LogP contribution in [0.15, 0.2) is 23.1 Å². The van der Waals surface area contributed by atoms with Gasteiger partial charge >= 0.3 is 0 Å². The summed E-state index contributed by atoms with van der Waals surface area (Å²) < 4.78 is 22.5. The molecule has 0 unspecified atom stereocenters. The van der Waals surface area contributed by atoms with Crippen LogP contribution in [-0.4, -0.2) is 26.9 Å². The van der Waals surface area contributed by atoms with Crippen LogP contribution in [0.2, 0.25) is 0 Å². The molecule has 1 aliphatic carbocycles. The maximum Gasteiger partial charge on any atom is 0.238 e. The molecule has 0 radical (unpaired) electrons. The van der Waals surface area contributed by atoms with Crippen LogP contribution in [0.4, 0.5) is 11.4 Å². The Kier molecular flexibility index (Phi) is 4.15. The first-order valence-corrected chi connectivity index (χ1v) is 7.86. The molecular formula is C12H18N4O3S. The predicted octanol–water partition coefficient (Wildman–Crippen LogP) is -0.00320. The van der Waals surface area contributed by atoms with E-state index in [9.17, 15) is 13.2 Å². The Morgan fingerprint density at radius 2 is 2.05 bits per heavy atom. The summed E-state index contributed by atoms with van der Waals surface area (Å²) in [4.78, 5) is 11.5. The predicted molar refractivity (Wildman–Crippen MR) is 76.5 cm³/mol. The molecule has 1 aromatic carbocycles. The van der Waals surface area contributed by atoms with E-state index in [0.717, 1.165) is 12.8 Å². The number of sulfonamides is 1. The Labute approximate surface area is 117 Å². The van der Waals surface area contributed by atoms with Gasteiger partial charge in [0.2, 0.25) is 15.9 Å². The zero-order valence-electron chi connectivity index (χ0n) is 10.9. The lowest BCUT2D eigenvalue weighted by molar-refractivity contribution is -0.120. The van der Waals surface area contributed by atoms with Crippen LogP contribution in [0.1, 0.15) is 19.3 Å². The maximum absolute atomic E-state index is 11.5. The fourth-order valence-electron chi connectivity index (χ4n) is 1.70. The maximum atomic E-state index is 11.5. The smallest absolute Gasteiger partial charge is 0.238 e. The van der Waals surface area contributed by atoms with Gasteiger partial charge in [0.15, 0.2) is 0 Å². The molecule has 7 nitrogen and oxygen atoms in total. The third-order valence-corrected chi connectivity index (χ3v) is 3.87. The molecule has 0 aromatic heterocycles. The molecular weight excluding hydrogens is 280 g/mol. The summed E-state index contributed by atoms with van der Waals surface area (Å²) in [6.07, 6.45) is 2.39. The third kappa shape index (κ3) is 4.10. The van der Waals surface area contributed by atoms with E-state index in [1.54, 1.807) is 0 Å². The topological polar surface area (TPSA) is 127 Å². The standard InChI is InChI=1S/C12H18N4O3S/c13-10-4-3-9(20(14,18)19)7-11(10)15-6-5-12(17)16-8-1-2-8/h3-4,7-8,15H,1-2,5-6,13H2,(H,16,17)(H2,14,18,19). The third-order valence-electron chi connectivity index (χ3n) is 2.96. The SMILES string of the molecule is Nc1ccc(S(N)(=O)=O)cc1NCCC(=O)NC1CC1.